The zero-order valence-corrected chi connectivity index (χ0v) is 12.9. The SMILES string of the molecule is C=CCn1cnc2c1c(=O)n(C1CC1)c(=O)n2-c1ccc(F)cc1. The topological polar surface area (TPSA) is 61.8 Å². The van der Waals surface area contributed by atoms with Gasteiger partial charge in [-0.1, -0.05) is 6.08 Å². The molecule has 122 valence electrons. The summed E-state index contributed by atoms with van der Waals surface area (Å²) in [5.41, 5.74) is 0.325. The maximum Gasteiger partial charge on any atom is 0.337 e. The first-order valence-electron chi connectivity index (χ1n) is 7.71. The Labute approximate surface area is 136 Å². The Hall–Kier alpha value is -2.96. The summed E-state index contributed by atoms with van der Waals surface area (Å²) in [5, 5.41) is 0. The second kappa shape index (κ2) is 5.30. The quantitative estimate of drug-likeness (QED) is 0.689. The molecule has 4 rings (SSSR count). The highest BCUT2D eigenvalue weighted by Crippen LogP contribution is 2.32. The summed E-state index contributed by atoms with van der Waals surface area (Å²) in [7, 11) is 0. The van der Waals surface area contributed by atoms with Crippen LogP contribution in [0, 0.1) is 5.82 Å². The van der Waals surface area contributed by atoms with Crippen molar-refractivity contribution in [3.63, 3.8) is 0 Å². The molecule has 3 aromatic rings. The number of halogens is 1. The van der Waals surface area contributed by atoms with Gasteiger partial charge in [0.05, 0.1) is 12.0 Å². The average molecular weight is 326 g/mol. The van der Waals surface area contributed by atoms with Gasteiger partial charge in [0.2, 0.25) is 0 Å². The Balaban J connectivity index is 2.12. The van der Waals surface area contributed by atoms with Crippen molar-refractivity contribution in [1.82, 2.24) is 18.7 Å². The van der Waals surface area contributed by atoms with Gasteiger partial charge in [0, 0.05) is 12.6 Å². The van der Waals surface area contributed by atoms with E-state index >= 15 is 0 Å². The van der Waals surface area contributed by atoms with Crippen LogP contribution in [0.5, 0.6) is 0 Å². The van der Waals surface area contributed by atoms with Gasteiger partial charge >= 0.3 is 5.69 Å². The Morgan fingerprint density at radius 2 is 1.96 bits per heavy atom. The van der Waals surface area contributed by atoms with Crippen molar-refractivity contribution in [2.45, 2.75) is 25.4 Å². The summed E-state index contributed by atoms with van der Waals surface area (Å²) in [5.74, 6) is -0.393. The second-order valence-electron chi connectivity index (χ2n) is 5.86. The zero-order valence-electron chi connectivity index (χ0n) is 12.9. The van der Waals surface area contributed by atoms with Crippen LogP contribution in [0.3, 0.4) is 0 Å². The number of benzene rings is 1. The smallest absolute Gasteiger partial charge is 0.321 e. The van der Waals surface area contributed by atoms with Gasteiger partial charge in [-0.3, -0.25) is 9.36 Å². The summed E-state index contributed by atoms with van der Waals surface area (Å²) in [6, 6.07) is 5.49. The number of hydrogen-bond acceptors (Lipinski definition) is 3. The lowest BCUT2D eigenvalue weighted by atomic mass is 10.3. The van der Waals surface area contributed by atoms with E-state index in [0.717, 1.165) is 12.8 Å². The fourth-order valence-electron chi connectivity index (χ4n) is 2.91. The number of imidazole rings is 1. The predicted molar refractivity (Wildman–Crippen MR) is 88.0 cm³/mol. The van der Waals surface area contributed by atoms with Crippen molar-refractivity contribution in [3.05, 3.63) is 69.9 Å². The molecule has 1 fully saturated rings. The van der Waals surface area contributed by atoms with E-state index in [1.165, 1.54) is 39.7 Å². The van der Waals surface area contributed by atoms with E-state index in [-0.39, 0.29) is 17.2 Å². The first-order chi connectivity index (χ1) is 11.6. The van der Waals surface area contributed by atoms with Crippen LogP contribution in [-0.4, -0.2) is 18.7 Å². The molecular formula is C17H15FN4O2. The number of hydrogen-bond donors (Lipinski definition) is 0. The summed E-state index contributed by atoms with van der Waals surface area (Å²) >= 11 is 0. The van der Waals surface area contributed by atoms with Gasteiger partial charge in [0.1, 0.15) is 5.82 Å². The van der Waals surface area contributed by atoms with Crippen molar-refractivity contribution in [1.29, 1.82) is 0 Å². The highest BCUT2D eigenvalue weighted by Gasteiger charge is 2.30. The normalized spacial score (nSPS) is 14.2. The number of allylic oxidation sites excluding steroid dienone is 1. The molecule has 0 aliphatic heterocycles. The van der Waals surface area contributed by atoms with E-state index in [1.807, 2.05) is 0 Å². The molecule has 2 aromatic heterocycles. The Morgan fingerprint density at radius 1 is 1.25 bits per heavy atom. The van der Waals surface area contributed by atoms with E-state index in [9.17, 15) is 14.0 Å². The van der Waals surface area contributed by atoms with E-state index in [0.29, 0.717) is 17.7 Å². The molecule has 0 N–H and O–H groups in total. The molecule has 0 bridgehead atoms. The van der Waals surface area contributed by atoms with Crippen LogP contribution in [-0.2, 0) is 6.54 Å². The van der Waals surface area contributed by atoms with Crippen molar-refractivity contribution in [2.24, 2.45) is 0 Å². The Morgan fingerprint density at radius 3 is 2.58 bits per heavy atom. The van der Waals surface area contributed by atoms with Crippen LogP contribution >= 0.6 is 0 Å². The molecule has 1 saturated carbocycles. The van der Waals surface area contributed by atoms with E-state index < -0.39 is 11.5 Å². The average Bonchev–Trinajstić information content (AvgIpc) is 3.30. The first-order valence-corrected chi connectivity index (χ1v) is 7.71. The van der Waals surface area contributed by atoms with E-state index in [2.05, 4.69) is 11.6 Å². The van der Waals surface area contributed by atoms with Gasteiger partial charge in [-0.2, -0.15) is 0 Å². The van der Waals surface area contributed by atoms with Gasteiger partial charge < -0.3 is 4.57 Å². The predicted octanol–water partition coefficient (Wildman–Crippen LogP) is 2.01. The van der Waals surface area contributed by atoms with Crippen molar-refractivity contribution in [3.8, 4) is 5.69 Å². The fraction of sp³-hybridized carbons (Fsp3) is 0.235. The summed E-state index contributed by atoms with van der Waals surface area (Å²) in [4.78, 5) is 30.0. The molecule has 0 amide bonds. The van der Waals surface area contributed by atoms with Crippen LogP contribution in [0.1, 0.15) is 18.9 Å². The van der Waals surface area contributed by atoms with Crippen LogP contribution in [0.15, 0.2) is 52.8 Å². The molecule has 0 spiro atoms. The molecule has 0 unspecified atom stereocenters. The minimum absolute atomic E-state index is 0.0758. The minimum atomic E-state index is -0.439. The van der Waals surface area contributed by atoms with E-state index in [4.69, 9.17) is 0 Å². The first kappa shape index (κ1) is 14.6. The van der Waals surface area contributed by atoms with Crippen molar-refractivity contribution in [2.75, 3.05) is 0 Å². The molecule has 0 radical (unpaired) electrons. The largest absolute Gasteiger partial charge is 0.337 e. The van der Waals surface area contributed by atoms with Gasteiger partial charge in [-0.25, -0.2) is 18.7 Å². The van der Waals surface area contributed by atoms with Gasteiger partial charge in [0.25, 0.3) is 5.56 Å². The Kier molecular flexibility index (Phi) is 3.23. The lowest BCUT2D eigenvalue weighted by Crippen LogP contribution is -2.39. The van der Waals surface area contributed by atoms with Gasteiger partial charge in [0.15, 0.2) is 11.2 Å². The van der Waals surface area contributed by atoms with Crippen molar-refractivity contribution < 1.29 is 4.39 Å². The molecule has 0 atom stereocenters. The highest BCUT2D eigenvalue weighted by molar-refractivity contribution is 5.72. The van der Waals surface area contributed by atoms with Crippen LogP contribution in [0.25, 0.3) is 16.9 Å². The summed E-state index contributed by atoms with van der Waals surface area (Å²) in [6.45, 7) is 4.10. The minimum Gasteiger partial charge on any atom is -0.321 e. The molecule has 1 aliphatic rings. The second-order valence-corrected chi connectivity index (χ2v) is 5.86. The lowest BCUT2D eigenvalue weighted by molar-refractivity contribution is 0.624. The number of fused-ring (bicyclic) bond motifs is 1. The molecule has 6 nitrogen and oxygen atoms in total. The third-order valence-electron chi connectivity index (χ3n) is 4.17. The molecule has 24 heavy (non-hydrogen) atoms. The maximum absolute atomic E-state index is 13.2. The van der Waals surface area contributed by atoms with Crippen LogP contribution in [0.2, 0.25) is 0 Å². The molecule has 2 heterocycles. The molecule has 0 saturated heterocycles. The third-order valence-corrected chi connectivity index (χ3v) is 4.17. The van der Waals surface area contributed by atoms with Gasteiger partial charge in [-0.15, -0.1) is 6.58 Å². The van der Waals surface area contributed by atoms with Crippen LogP contribution in [0.4, 0.5) is 4.39 Å². The maximum atomic E-state index is 13.2. The molecule has 7 heteroatoms. The summed E-state index contributed by atoms with van der Waals surface area (Å²) < 4.78 is 17.6. The zero-order chi connectivity index (χ0) is 16.8. The summed E-state index contributed by atoms with van der Waals surface area (Å²) in [6.07, 6.45) is 4.79. The number of nitrogens with zero attached hydrogens (tertiary/aromatic N) is 4. The monoisotopic (exact) mass is 326 g/mol. The molecule has 1 aliphatic carbocycles. The Bertz CT molecular complexity index is 1060. The third kappa shape index (κ3) is 2.12. The molecule has 1 aromatic carbocycles. The van der Waals surface area contributed by atoms with Gasteiger partial charge in [-0.05, 0) is 37.1 Å². The number of aromatic nitrogens is 4. The lowest BCUT2D eigenvalue weighted by Gasteiger charge is -2.11. The standard InChI is InChI=1S/C17H15FN4O2/c1-2-9-20-10-19-15-14(20)16(23)22(13-7-8-13)17(24)21(15)12-5-3-11(18)4-6-12/h2-6,10,13H,1,7-9H2. The number of rotatable bonds is 4. The van der Waals surface area contributed by atoms with Crippen LogP contribution < -0.4 is 11.2 Å². The fourth-order valence-corrected chi connectivity index (χ4v) is 2.91. The highest BCUT2D eigenvalue weighted by atomic mass is 19.1. The molecular weight excluding hydrogens is 311 g/mol. The van der Waals surface area contributed by atoms with Crippen molar-refractivity contribution >= 4 is 11.2 Å². The van der Waals surface area contributed by atoms with E-state index in [1.54, 1.807) is 10.6 Å².